The Bertz CT molecular complexity index is 642. The molecule has 1 aromatic heterocycles. The Labute approximate surface area is 117 Å². The van der Waals surface area contributed by atoms with E-state index in [9.17, 15) is 4.39 Å². The van der Waals surface area contributed by atoms with E-state index in [1.54, 1.807) is 6.92 Å². The lowest BCUT2D eigenvalue weighted by Crippen LogP contribution is -2.18. The van der Waals surface area contributed by atoms with Crippen LogP contribution in [0.2, 0.25) is 0 Å². The molecule has 0 spiro atoms. The largest absolute Gasteiger partial charge is 0.306 e. The van der Waals surface area contributed by atoms with E-state index >= 15 is 0 Å². The number of rotatable bonds is 2. The molecule has 0 fully saturated rings. The van der Waals surface area contributed by atoms with Crippen molar-refractivity contribution >= 4 is 5.82 Å². The first kappa shape index (κ1) is 13.0. The van der Waals surface area contributed by atoms with E-state index in [4.69, 9.17) is 5.84 Å². The van der Waals surface area contributed by atoms with Gasteiger partial charge < -0.3 is 5.43 Å². The topological polar surface area (TPSA) is 63.8 Å². The van der Waals surface area contributed by atoms with Crippen LogP contribution in [0.25, 0.3) is 0 Å². The van der Waals surface area contributed by atoms with Crippen LogP contribution < -0.4 is 11.3 Å². The summed E-state index contributed by atoms with van der Waals surface area (Å²) >= 11 is 0. The van der Waals surface area contributed by atoms with Crippen LogP contribution in [0.4, 0.5) is 10.2 Å². The van der Waals surface area contributed by atoms with Crippen LogP contribution in [0.15, 0.2) is 24.3 Å². The molecule has 3 rings (SSSR count). The number of nitrogen functional groups attached to an aromatic ring is 1. The lowest BCUT2D eigenvalue weighted by molar-refractivity contribution is 0.565. The third-order valence-corrected chi connectivity index (χ3v) is 3.85. The molecular formula is C15H17FN4. The highest BCUT2D eigenvalue weighted by Crippen LogP contribution is 2.35. The van der Waals surface area contributed by atoms with Crippen LogP contribution in [-0.4, -0.2) is 9.97 Å². The highest BCUT2D eigenvalue weighted by atomic mass is 19.1. The number of anilines is 1. The van der Waals surface area contributed by atoms with Gasteiger partial charge in [0.05, 0.1) is 5.69 Å². The van der Waals surface area contributed by atoms with Gasteiger partial charge in [0.25, 0.3) is 0 Å². The summed E-state index contributed by atoms with van der Waals surface area (Å²) in [6, 6.07) is 8.32. The molecule has 0 radical (unpaired) electrons. The van der Waals surface area contributed by atoms with E-state index in [1.165, 1.54) is 11.1 Å². The van der Waals surface area contributed by atoms with Crippen molar-refractivity contribution < 1.29 is 4.39 Å². The van der Waals surface area contributed by atoms with E-state index in [2.05, 4.69) is 27.5 Å². The molecule has 1 aromatic carbocycles. The van der Waals surface area contributed by atoms with E-state index in [0.29, 0.717) is 11.5 Å². The van der Waals surface area contributed by atoms with Crippen molar-refractivity contribution in [2.75, 3.05) is 5.43 Å². The van der Waals surface area contributed by atoms with Gasteiger partial charge in [0, 0.05) is 5.92 Å². The molecule has 4 nitrogen and oxygen atoms in total. The Morgan fingerprint density at radius 1 is 1.30 bits per heavy atom. The summed E-state index contributed by atoms with van der Waals surface area (Å²) in [6.07, 6.45) is 3.15. The van der Waals surface area contributed by atoms with Crippen LogP contribution in [0, 0.1) is 12.7 Å². The summed E-state index contributed by atoms with van der Waals surface area (Å²) in [5.74, 6) is 5.67. The normalized spacial score (nSPS) is 17.6. The second kappa shape index (κ2) is 5.17. The first-order valence-electron chi connectivity index (χ1n) is 6.79. The fourth-order valence-electron chi connectivity index (χ4n) is 2.85. The van der Waals surface area contributed by atoms with Gasteiger partial charge in [0.15, 0.2) is 11.6 Å². The van der Waals surface area contributed by atoms with E-state index in [-0.39, 0.29) is 11.7 Å². The zero-order chi connectivity index (χ0) is 14.1. The fourth-order valence-corrected chi connectivity index (χ4v) is 2.85. The van der Waals surface area contributed by atoms with Gasteiger partial charge in [-0.25, -0.2) is 20.2 Å². The standard InChI is InChI=1S/C15H17FN4/c1-9-13(16)15(20-17)19-14(18-9)12-8-4-6-10-5-2-3-7-11(10)12/h2-3,5,7,12H,4,6,8,17H2,1H3,(H,18,19,20). The zero-order valence-corrected chi connectivity index (χ0v) is 11.4. The molecule has 5 heteroatoms. The summed E-state index contributed by atoms with van der Waals surface area (Å²) in [5, 5.41) is 0. The number of fused-ring (bicyclic) bond motifs is 1. The summed E-state index contributed by atoms with van der Waals surface area (Å²) in [5.41, 5.74) is 5.21. The molecule has 3 N–H and O–H groups in total. The molecule has 104 valence electrons. The van der Waals surface area contributed by atoms with Crippen LogP contribution in [0.1, 0.15) is 41.4 Å². The average Bonchev–Trinajstić information content (AvgIpc) is 2.49. The van der Waals surface area contributed by atoms with Crippen molar-refractivity contribution in [3.63, 3.8) is 0 Å². The number of hydrazine groups is 1. The second-order valence-corrected chi connectivity index (χ2v) is 5.12. The number of hydrogen-bond donors (Lipinski definition) is 2. The van der Waals surface area contributed by atoms with Crippen molar-refractivity contribution in [3.8, 4) is 0 Å². The maximum atomic E-state index is 13.8. The van der Waals surface area contributed by atoms with Crippen molar-refractivity contribution in [1.29, 1.82) is 0 Å². The Hall–Kier alpha value is -2.01. The van der Waals surface area contributed by atoms with Crippen molar-refractivity contribution in [2.24, 2.45) is 5.84 Å². The number of hydrogen-bond acceptors (Lipinski definition) is 4. The highest BCUT2D eigenvalue weighted by molar-refractivity contribution is 5.41. The number of halogens is 1. The lowest BCUT2D eigenvalue weighted by Gasteiger charge is -2.24. The summed E-state index contributed by atoms with van der Waals surface area (Å²) < 4.78 is 13.8. The van der Waals surface area contributed by atoms with E-state index in [1.807, 2.05) is 12.1 Å². The highest BCUT2D eigenvalue weighted by Gasteiger charge is 2.25. The molecule has 1 aliphatic rings. The molecule has 1 unspecified atom stereocenters. The zero-order valence-electron chi connectivity index (χ0n) is 11.4. The second-order valence-electron chi connectivity index (χ2n) is 5.12. The van der Waals surface area contributed by atoms with Crippen LogP contribution >= 0.6 is 0 Å². The van der Waals surface area contributed by atoms with Crippen molar-refractivity contribution in [3.05, 3.63) is 52.7 Å². The molecule has 0 bridgehead atoms. The van der Waals surface area contributed by atoms with E-state index < -0.39 is 5.82 Å². The number of nitrogens with two attached hydrogens (primary N) is 1. The molecule has 20 heavy (non-hydrogen) atoms. The first-order valence-corrected chi connectivity index (χ1v) is 6.79. The minimum atomic E-state index is -0.486. The van der Waals surface area contributed by atoms with Gasteiger partial charge in [-0.15, -0.1) is 0 Å². The summed E-state index contributed by atoms with van der Waals surface area (Å²) in [7, 11) is 0. The number of benzene rings is 1. The lowest BCUT2D eigenvalue weighted by atomic mass is 9.82. The third kappa shape index (κ3) is 2.14. The van der Waals surface area contributed by atoms with Gasteiger partial charge >= 0.3 is 0 Å². The molecule has 0 aliphatic heterocycles. The van der Waals surface area contributed by atoms with Gasteiger partial charge in [-0.3, -0.25) is 0 Å². The maximum absolute atomic E-state index is 13.8. The van der Waals surface area contributed by atoms with Crippen LogP contribution in [0.3, 0.4) is 0 Å². The molecule has 2 aromatic rings. The molecule has 0 saturated heterocycles. The predicted molar refractivity (Wildman–Crippen MR) is 75.8 cm³/mol. The predicted octanol–water partition coefficient (Wildman–Crippen LogP) is 2.68. The molecule has 1 heterocycles. The Morgan fingerprint density at radius 3 is 2.90 bits per heavy atom. The quantitative estimate of drug-likeness (QED) is 0.651. The Kier molecular flexibility index (Phi) is 3.36. The Morgan fingerprint density at radius 2 is 2.10 bits per heavy atom. The number of aryl methyl sites for hydroxylation is 2. The summed E-state index contributed by atoms with van der Waals surface area (Å²) in [4.78, 5) is 8.57. The fraction of sp³-hybridized carbons (Fsp3) is 0.333. The molecule has 1 aliphatic carbocycles. The third-order valence-electron chi connectivity index (χ3n) is 3.85. The van der Waals surface area contributed by atoms with Crippen LogP contribution in [-0.2, 0) is 6.42 Å². The molecular weight excluding hydrogens is 255 g/mol. The van der Waals surface area contributed by atoms with Crippen molar-refractivity contribution in [1.82, 2.24) is 9.97 Å². The van der Waals surface area contributed by atoms with Gasteiger partial charge in [-0.05, 0) is 37.3 Å². The van der Waals surface area contributed by atoms with Crippen LogP contribution in [0.5, 0.6) is 0 Å². The number of nitrogens with one attached hydrogen (secondary N) is 1. The summed E-state index contributed by atoms with van der Waals surface area (Å²) in [6.45, 7) is 1.64. The number of nitrogens with zero attached hydrogens (tertiary/aromatic N) is 2. The monoisotopic (exact) mass is 272 g/mol. The van der Waals surface area contributed by atoms with Crippen molar-refractivity contribution in [2.45, 2.75) is 32.1 Å². The molecule has 0 amide bonds. The van der Waals surface area contributed by atoms with Gasteiger partial charge in [0.2, 0.25) is 0 Å². The number of aromatic nitrogens is 2. The van der Waals surface area contributed by atoms with E-state index in [0.717, 1.165) is 19.3 Å². The first-order chi connectivity index (χ1) is 9.70. The minimum absolute atomic E-state index is 0.0653. The average molecular weight is 272 g/mol. The van der Waals surface area contributed by atoms with Gasteiger partial charge in [-0.1, -0.05) is 24.3 Å². The Balaban J connectivity index is 2.09. The maximum Gasteiger partial charge on any atom is 0.187 e. The van der Waals surface area contributed by atoms with Gasteiger partial charge in [0.1, 0.15) is 5.82 Å². The minimum Gasteiger partial charge on any atom is -0.306 e. The SMILES string of the molecule is Cc1nc(C2CCCc3ccccc32)nc(NN)c1F. The molecule has 1 atom stereocenters. The molecule has 0 saturated carbocycles. The smallest absolute Gasteiger partial charge is 0.187 e. The van der Waals surface area contributed by atoms with Gasteiger partial charge in [-0.2, -0.15) is 0 Å².